The first kappa shape index (κ1) is 14.4. The first-order valence-electron chi connectivity index (χ1n) is 6.97. The number of pyridine rings is 1. The van der Waals surface area contributed by atoms with E-state index in [9.17, 15) is 10.4 Å². The summed E-state index contributed by atoms with van der Waals surface area (Å²) in [6.07, 6.45) is 3.86. The lowest BCUT2D eigenvalue weighted by Gasteiger charge is -2.24. The van der Waals surface area contributed by atoms with Crippen LogP contribution in [0.1, 0.15) is 12.5 Å². The van der Waals surface area contributed by atoms with Crippen molar-refractivity contribution < 1.29 is 9.94 Å². The normalized spacial score (nSPS) is 10.9. The highest BCUT2D eigenvalue weighted by Crippen LogP contribution is 2.32. The Morgan fingerprint density at radius 3 is 2.82 bits per heavy atom. The fourth-order valence-corrected chi connectivity index (χ4v) is 2.35. The lowest BCUT2D eigenvalue weighted by Crippen LogP contribution is -2.09. The van der Waals surface area contributed by atoms with Crippen molar-refractivity contribution in [2.45, 2.75) is 13.8 Å². The van der Waals surface area contributed by atoms with E-state index in [1.165, 1.54) is 0 Å². The highest BCUT2D eigenvalue weighted by atomic mass is 16.8. The molecule has 2 heterocycles. The third kappa shape index (κ3) is 2.61. The zero-order chi connectivity index (χ0) is 15.7. The molecular weight excluding hydrogens is 282 g/mol. The topological polar surface area (TPSA) is 73.1 Å². The second kappa shape index (κ2) is 5.67. The summed E-state index contributed by atoms with van der Waals surface area (Å²) in [5.41, 5.74) is 3.46. The number of rotatable bonds is 4. The molecule has 0 aliphatic rings. The maximum Gasteiger partial charge on any atom is 0.143 e. The molecule has 0 unspecified atom stereocenters. The van der Waals surface area contributed by atoms with Gasteiger partial charge in [-0.05, 0) is 43.7 Å². The highest BCUT2D eigenvalue weighted by Gasteiger charge is 2.10. The Morgan fingerprint density at radius 2 is 2.09 bits per heavy atom. The molecule has 114 valence electrons. The van der Waals surface area contributed by atoms with Crippen molar-refractivity contribution in [3.8, 4) is 17.0 Å². The minimum atomic E-state index is -0.186. The maximum absolute atomic E-state index is 11.3. The molecule has 0 amide bonds. The van der Waals surface area contributed by atoms with Gasteiger partial charge in [0.2, 0.25) is 0 Å². The van der Waals surface area contributed by atoms with Gasteiger partial charge in [0.1, 0.15) is 11.4 Å². The summed E-state index contributed by atoms with van der Waals surface area (Å²) < 4.78 is 7.26. The SMILES string of the molecule is CCOc1ccc(-c2cn3cc(C)ccc3n2)cc1N([O-])O. The van der Waals surface area contributed by atoms with Gasteiger partial charge in [0.15, 0.2) is 0 Å². The van der Waals surface area contributed by atoms with E-state index in [-0.39, 0.29) is 10.9 Å². The average Bonchev–Trinajstić information content (AvgIpc) is 2.90. The second-order valence-electron chi connectivity index (χ2n) is 4.99. The van der Waals surface area contributed by atoms with Crippen molar-refractivity contribution in [3.05, 3.63) is 53.5 Å². The van der Waals surface area contributed by atoms with Gasteiger partial charge in [-0.3, -0.25) is 5.21 Å². The van der Waals surface area contributed by atoms with E-state index >= 15 is 0 Å². The number of aryl methyl sites for hydroxylation is 1. The van der Waals surface area contributed by atoms with Gasteiger partial charge in [-0.15, -0.1) is 0 Å². The van der Waals surface area contributed by atoms with Crippen LogP contribution in [0.3, 0.4) is 0 Å². The van der Waals surface area contributed by atoms with Crippen molar-refractivity contribution in [1.29, 1.82) is 0 Å². The van der Waals surface area contributed by atoms with Crippen LogP contribution in [-0.2, 0) is 0 Å². The minimum absolute atomic E-state index is 0.0626. The summed E-state index contributed by atoms with van der Waals surface area (Å²) in [7, 11) is 0. The van der Waals surface area contributed by atoms with Gasteiger partial charge in [-0.25, -0.2) is 4.98 Å². The fourth-order valence-electron chi connectivity index (χ4n) is 2.35. The molecule has 0 fully saturated rings. The van der Waals surface area contributed by atoms with Crippen LogP contribution in [-0.4, -0.2) is 21.2 Å². The molecule has 2 aromatic heterocycles. The molecule has 0 radical (unpaired) electrons. The van der Waals surface area contributed by atoms with Crippen molar-refractivity contribution in [1.82, 2.24) is 9.38 Å². The van der Waals surface area contributed by atoms with Crippen LogP contribution >= 0.6 is 0 Å². The monoisotopic (exact) mass is 298 g/mol. The van der Waals surface area contributed by atoms with E-state index in [4.69, 9.17) is 4.74 Å². The summed E-state index contributed by atoms with van der Waals surface area (Å²) in [6.45, 7) is 4.23. The number of nitrogens with zero attached hydrogens (tertiary/aromatic N) is 3. The van der Waals surface area contributed by atoms with Crippen LogP contribution in [0.4, 0.5) is 5.69 Å². The lowest BCUT2D eigenvalue weighted by molar-refractivity contribution is 0.284. The third-order valence-corrected chi connectivity index (χ3v) is 3.36. The van der Waals surface area contributed by atoms with E-state index in [0.29, 0.717) is 12.4 Å². The Kier molecular flexibility index (Phi) is 3.70. The van der Waals surface area contributed by atoms with E-state index in [2.05, 4.69) is 4.98 Å². The third-order valence-electron chi connectivity index (χ3n) is 3.36. The number of ether oxygens (including phenoxy) is 1. The molecule has 0 spiro atoms. The van der Waals surface area contributed by atoms with Gasteiger partial charge >= 0.3 is 0 Å². The highest BCUT2D eigenvalue weighted by molar-refractivity contribution is 5.71. The number of benzene rings is 1. The summed E-state index contributed by atoms with van der Waals surface area (Å²) >= 11 is 0. The van der Waals surface area contributed by atoms with Gasteiger partial charge in [-0.1, -0.05) is 6.07 Å². The maximum atomic E-state index is 11.3. The van der Waals surface area contributed by atoms with Crippen molar-refractivity contribution >= 4 is 11.3 Å². The average molecular weight is 298 g/mol. The molecule has 0 aliphatic carbocycles. The van der Waals surface area contributed by atoms with E-state index in [1.807, 2.05) is 48.8 Å². The van der Waals surface area contributed by atoms with E-state index in [0.717, 1.165) is 22.5 Å². The van der Waals surface area contributed by atoms with Crippen LogP contribution in [0.5, 0.6) is 5.75 Å². The predicted octanol–water partition coefficient (Wildman–Crippen LogP) is 3.40. The fraction of sp³-hybridized carbons (Fsp3) is 0.188. The molecule has 0 bridgehead atoms. The zero-order valence-corrected chi connectivity index (χ0v) is 12.4. The number of aromatic nitrogens is 2. The molecule has 3 rings (SSSR count). The molecule has 6 heteroatoms. The quantitative estimate of drug-likeness (QED) is 0.747. The van der Waals surface area contributed by atoms with Crippen LogP contribution in [0.15, 0.2) is 42.7 Å². The summed E-state index contributed by atoms with van der Waals surface area (Å²) in [5.74, 6) is 0.336. The van der Waals surface area contributed by atoms with Gasteiger partial charge in [-0.2, -0.15) is 0 Å². The molecule has 0 aliphatic heterocycles. The number of imidazole rings is 1. The minimum Gasteiger partial charge on any atom is -0.733 e. The Morgan fingerprint density at radius 1 is 1.27 bits per heavy atom. The van der Waals surface area contributed by atoms with Gasteiger partial charge in [0.25, 0.3) is 0 Å². The van der Waals surface area contributed by atoms with Crippen LogP contribution in [0.2, 0.25) is 0 Å². The largest absolute Gasteiger partial charge is 0.733 e. The number of fused-ring (bicyclic) bond motifs is 1. The van der Waals surface area contributed by atoms with Crippen LogP contribution in [0, 0.1) is 12.1 Å². The second-order valence-corrected chi connectivity index (χ2v) is 4.99. The zero-order valence-electron chi connectivity index (χ0n) is 12.4. The molecule has 3 aromatic rings. The Labute approximate surface area is 127 Å². The lowest BCUT2D eigenvalue weighted by atomic mass is 10.1. The van der Waals surface area contributed by atoms with Gasteiger partial charge in [0.05, 0.1) is 18.0 Å². The molecule has 22 heavy (non-hydrogen) atoms. The van der Waals surface area contributed by atoms with E-state index < -0.39 is 0 Å². The van der Waals surface area contributed by atoms with Crippen LogP contribution < -0.4 is 9.96 Å². The Hall–Kier alpha value is -2.57. The number of anilines is 1. The first-order valence-corrected chi connectivity index (χ1v) is 6.97. The molecule has 1 aromatic carbocycles. The van der Waals surface area contributed by atoms with Crippen LogP contribution in [0.25, 0.3) is 16.9 Å². The van der Waals surface area contributed by atoms with Crippen molar-refractivity contribution in [2.75, 3.05) is 11.8 Å². The van der Waals surface area contributed by atoms with Crippen molar-refractivity contribution in [3.63, 3.8) is 0 Å². The van der Waals surface area contributed by atoms with Gasteiger partial charge in [0, 0.05) is 18.0 Å². The van der Waals surface area contributed by atoms with E-state index in [1.54, 1.807) is 12.1 Å². The summed E-state index contributed by atoms with van der Waals surface area (Å²) in [4.78, 5) is 4.52. The first-order chi connectivity index (χ1) is 10.6. The summed E-state index contributed by atoms with van der Waals surface area (Å²) in [5, 5.41) is 20.4. The molecular formula is C16H16N3O3-. The van der Waals surface area contributed by atoms with Crippen molar-refractivity contribution in [2.24, 2.45) is 0 Å². The Balaban J connectivity index is 2.07. The Bertz CT molecular complexity index is 812. The number of hydrogen-bond acceptors (Lipinski definition) is 5. The number of hydrogen-bond donors (Lipinski definition) is 1. The summed E-state index contributed by atoms with van der Waals surface area (Å²) in [6, 6.07) is 8.95. The molecule has 6 nitrogen and oxygen atoms in total. The van der Waals surface area contributed by atoms with Gasteiger partial charge < -0.3 is 19.6 Å². The smallest absolute Gasteiger partial charge is 0.143 e. The molecule has 0 saturated heterocycles. The molecule has 0 saturated carbocycles. The standard InChI is InChI=1S/C16H16N3O3/c1-3-22-15-6-5-12(8-14(15)19(20)21)13-10-18-9-11(2)4-7-16(18)17-13/h4-10,20H,3H2,1-2H3/q-1. The predicted molar refractivity (Wildman–Crippen MR) is 84.2 cm³/mol. The molecule has 1 N–H and O–H groups in total. The molecule has 0 atom stereocenters.